The molecule has 2 heterocycles. The van der Waals surface area contributed by atoms with Crippen LogP contribution < -0.4 is 0 Å². The van der Waals surface area contributed by atoms with Gasteiger partial charge in [0.15, 0.2) is 0 Å². The molecule has 2 aromatic carbocycles. The van der Waals surface area contributed by atoms with E-state index >= 15 is 0 Å². The van der Waals surface area contributed by atoms with E-state index in [-0.39, 0.29) is 5.57 Å². The number of nitrogens with zero attached hydrogens (tertiary/aromatic N) is 4. The maximum Gasteiger partial charge on any atom is 0.271 e. The molecule has 6 nitrogen and oxygen atoms in total. The molecule has 0 fully saturated rings. The van der Waals surface area contributed by atoms with Crippen LogP contribution in [0.2, 0.25) is 0 Å². The molecule has 0 saturated heterocycles. The standard InChI is InChI=1S/C24H17BrN4O2/c1-15-20(23(30)28(2)24(31)21(15)13-26)12-17-14-29(19-6-4-3-5-7-19)27-22(17)16-8-10-18(25)11-9-16/h3-12,14H,1-2H3/b20-12+. The minimum atomic E-state index is -0.588. The van der Waals surface area contributed by atoms with E-state index in [4.69, 9.17) is 5.10 Å². The van der Waals surface area contributed by atoms with Crippen molar-refractivity contribution >= 4 is 33.8 Å². The van der Waals surface area contributed by atoms with Crippen molar-refractivity contribution in [2.75, 3.05) is 7.05 Å². The van der Waals surface area contributed by atoms with Crippen LogP contribution in [-0.4, -0.2) is 33.5 Å². The highest BCUT2D eigenvalue weighted by Crippen LogP contribution is 2.31. The molecule has 0 saturated carbocycles. The molecule has 31 heavy (non-hydrogen) atoms. The zero-order valence-corrected chi connectivity index (χ0v) is 18.4. The van der Waals surface area contributed by atoms with Gasteiger partial charge in [-0.2, -0.15) is 10.4 Å². The Bertz CT molecular complexity index is 1300. The van der Waals surface area contributed by atoms with Crippen molar-refractivity contribution < 1.29 is 9.59 Å². The number of imide groups is 1. The predicted molar refractivity (Wildman–Crippen MR) is 121 cm³/mol. The largest absolute Gasteiger partial charge is 0.277 e. The van der Waals surface area contributed by atoms with Crippen LogP contribution in [0.3, 0.4) is 0 Å². The summed E-state index contributed by atoms with van der Waals surface area (Å²) in [6, 6.07) is 19.3. The number of benzene rings is 2. The van der Waals surface area contributed by atoms with Gasteiger partial charge in [-0.3, -0.25) is 14.5 Å². The van der Waals surface area contributed by atoms with Gasteiger partial charge in [0, 0.05) is 34.4 Å². The normalized spacial score (nSPS) is 15.5. The molecule has 4 rings (SSSR count). The molecule has 0 atom stereocenters. The number of rotatable bonds is 3. The first kappa shape index (κ1) is 20.5. The zero-order valence-electron chi connectivity index (χ0n) is 16.8. The number of aromatic nitrogens is 2. The van der Waals surface area contributed by atoms with Crippen LogP contribution in [0.1, 0.15) is 12.5 Å². The average molecular weight is 473 g/mol. The van der Waals surface area contributed by atoms with Gasteiger partial charge in [0.2, 0.25) is 0 Å². The summed E-state index contributed by atoms with van der Waals surface area (Å²) in [5.41, 5.74) is 3.76. The fourth-order valence-electron chi connectivity index (χ4n) is 3.39. The van der Waals surface area contributed by atoms with Crippen LogP contribution in [0, 0.1) is 11.3 Å². The Kier molecular flexibility index (Phi) is 5.40. The third kappa shape index (κ3) is 3.74. The van der Waals surface area contributed by atoms with E-state index in [0.717, 1.165) is 20.6 Å². The third-order valence-corrected chi connectivity index (χ3v) is 5.65. The molecule has 0 aliphatic carbocycles. The highest BCUT2D eigenvalue weighted by atomic mass is 79.9. The quantitative estimate of drug-likeness (QED) is 0.414. The third-order valence-electron chi connectivity index (χ3n) is 5.13. The van der Waals surface area contributed by atoms with E-state index in [2.05, 4.69) is 15.9 Å². The molecule has 7 heteroatoms. The molecule has 152 valence electrons. The molecule has 3 aromatic rings. The topological polar surface area (TPSA) is 79.0 Å². The summed E-state index contributed by atoms with van der Waals surface area (Å²) in [7, 11) is 1.38. The minimum Gasteiger partial charge on any atom is -0.277 e. The molecule has 0 spiro atoms. The Hall–Kier alpha value is -3.76. The van der Waals surface area contributed by atoms with Crippen molar-refractivity contribution in [3.63, 3.8) is 0 Å². The van der Waals surface area contributed by atoms with Crippen molar-refractivity contribution in [2.24, 2.45) is 0 Å². The minimum absolute atomic E-state index is 0.0333. The van der Waals surface area contributed by atoms with Crippen molar-refractivity contribution in [3.8, 4) is 23.0 Å². The van der Waals surface area contributed by atoms with Crippen molar-refractivity contribution in [1.29, 1.82) is 5.26 Å². The lowest BCUT2D eigenvalue weighted by Gasteiger charge is -2.23. The number of carbonyl (C=O) groups excluding carboxylic acids is 2. The fraction of sp³-hybridized carbons (Fsp3) is 0.0833. The second-order valence-electron chi connectivity index (χ2n) is 7.06. The molecule has 0 N–H and O–H groups in total. The van der Waals surface area contributed by atoms with Gasteiger partial charge >= 0.3 is 0 Å². The summed E-state index contributed by atoms with van der Waals surface area (Å²) in [4.78, 5) is 26.1. The Morgan fingerprint density at radius 1 is 1.03 bits per heavy atom. The molecule has 2 amide bonds. The molecular formula is C24H17BrN4O2. The van der Waals surface area contributed by atoms with E-state index < -0.39 is 11.8 Å². The maximum atomic E-state index is 12.8. The first-order valence-corrected chi connectivity index (χ1v) is 10.3. The summed E-state index contributed by atoms with van der Waals surface area (Å²) in [5.74, 6) is -1.04. The Morgan fingerprint density at radius 3 is 2.35 bits per heavy atom. The van der Waals surface area contributed by atoms with Gasteiger partial charge in [-0.1, -0.05) is 46.3 Å². The number of amides is 2. The van der Waals surface area contributed by atoms with Gasteiger partial charge in [0.05, 0.1) is 11.4 Å². The molecule has 1 aliphatic heterocycles. The van der Waals surface area contributed by atoms with Gasteiger partial charge in [0.1, 0.15) is 11.6 Å². The highest BCUT2D eigenvalue weighted by Gasteiger charge is 2.33. The first-order chi connectivity index (χ1) is 14.9. The number of likely N-dealkylation sites (N-methyl/N-ethyl adjacent to an activating group) is 1. The van der Waals surface area contributed by atoms with Crippen LogP contribution >= 0.6 is 15.9 Å². The summed E-state index contributed by atoms with van der Waals surface area (Å²) in [6.45, 7) is 1.62. The number of hydrogen-bond acceptors (Lipinski definition) is 4. The summed E-state index contributed by atoms with van der Waals surface area (Å²) < 4.78 is 2.69. The molecule has 0 radical (unpaired) electrons. The zero-order chi connectivity index (χ0) is 22.1. The first-order valence-electron chi connectivity index (χ1n) is 9.47. The second kappa shape index (κ2) is 8.17. The summed E-state index contributed by atoms with van der Waals surface area (Å²) in [5, 5.41) is 14.2. The van der Waals surface area contributed by atoms with Gasteiger partial charge in [-0.05, 0) is 42.8 Å². The van der Waals surface area contributed by atoms with Crippen molar-refractivity contribution in [1.82, 2.24) is 14.7 Å². The number of halogens is 1. The monoisotopic (exact) mass is 472 g/mol. The van der Waals surface area contributed by atoms with E-state index in [0.29, 0.717) is 22.4 Å². The van der Waals surface area contributed by atoms with E-state index in [9.17, 15) is 14.9 Å². The van der Waals surface area contributed by atoms with E-state index in [1.54, 1.807) is 17.7 Å². The smallest absolute Gasteiger partial charge is 0.271 e. The lowest BCUT2D eigenvalue weighted by molar-refractivity contribution is -0.138. The van der Waals surface area contributed by atoms with Gasteiger partial charge in [-0.15, -0.1) is 0 Å². The van der Waals surface area contributed by atoms with Gasteiger partial charge in [-0.25, -0.2) is 4.68 Å². The summed E-state index contributed by atoms with van der Waals surface area (Å²) >= 11 is 3.44. The van der Waals surface area contributed by atoms with Crippen LogP contribution in [0.4, 0.5) is 0 Å². The van der Waals surface area contributed by atoms with Crippen LogP contribution in [0.15, 0.2) is 82.0 Å². The summed E-state index contributed by atoms with van der Waals surface area (Å²) in [6.07, 6.45) is 3.53. The fourth-order valence-corrected chi connectivity index (χ4v) is 3.66. The SMILES string of the molecule is CC1=C(C#N)C(=O)N(C)C(=O)/C1=C/c1cn(-c2ccccc2)nc1-c1ccc(Br)cc1. The molecule has 1 aromatic heterocycles. The van der Waals surface area contributed by atoms with Crippen LogP contribution in [0.5, 0.6) is 0 Å². The van der Waals surface area contributed by atoms with Crippen LogP contribution in [-0.2, 0) is 9.59 Å². The second-order valence-corrected chi connectivity index (χ2v) is 7.97. The number of hydrogen-bond donors (Lipinski definition) is 0. The van der Waals surface area contributed by atoms with E-state index in [1.807, 2.05) is 66.9 Å². The Balaban J connectivity index is 1.93. The predicted octanol–water partition coefficient (Wildman–Crippen LogP) is 4.52. The van der Waals surface area contributed by atoms with Crippen molar-refractivity contribution in [3.05, 3.63) is 87.5 Å². The maximum absolute atomic E-state index is 12.8. The number of nitriles is 1. The molecular weight excluding hydrogens is 456 g/mol. The number of carbonyl (C=O) groups is 2. The van der Waals surface area contributed by atoms with Crippen molar-refractivity contribution in [2.45, 2.75) is 6.92 Å². The molecule has 0 unspecified atom stereocenters. The van der Waals surface area contributed by atoms with Gasteiger partial charge < -0.3 is 0 Å². The lowest BCUT2D eigenvalue weighted by atomic mass is 9.93. The Morgan fingerprint density at radius 2 is 1.71 bits per heavy atom. The average Bonchev–Trinajstić information content (AvgIpc) is 3.21. The lowest BCUT2D eigenvalue weighted by Crippen LogP contribution is -2.39. The molecule has 1 aliphatic rings. The number of para-hydroxylation sites is 1. The molecule has 0 bridgehead atoms. The van der Waals surface area contributed by atoms with E-state index in [1.165, 1.54) is 7.05 Å². The Labute approximate surface area is 187 Å². The van der Waals surface area contributed by atoms with Crippen LogP contribution in [0.25, 0.3) is 23.0 Å². The highest BCUT2D eigenvalue weighted by molar-refractivity contribution is 9.10. The van der Waals surface area contributed by atoms with Gasteiger partial charge in [0.25, 0.3) is 11.8 Å².